The van der Waals surface area contributed by atoms with Crippen LogP contribution < -0.4 is 5.32 Å². The average molecular weight is 197 g/mol. The third-order valence-corrected chi connectivity index (χ3v) is 3.61. The van der Waals surface area contributed by atoms with Crippen molar-refractivity contribution in [3.8, 4) is 12.3 Å². The van der Waals surface area contributed by atoms with Gasteiger partial charge in [-0.25, -0.2) is 0 Å². The lowest BCUT2D eigenvalue weighted by atomic mass is 10.1. The van der Waals surface area contributed by atoms with Crippen LogP contribution in [0.1, 0.15) is 25.7 Å². The van der Waals surface area contributed by atoms with Crippen LogP contribution in [0, 0.1) is 18.3 Å². The number of nitrogens with one attached hydrogen (secondary N) is 1. The number of hydrogen-bond acceptors (Lipinski definition) is 2. The van der Waals surface area contributed by atoms with Gasteiger partial charge in [0.05, 0.1) is 0 Å². The summed E-state index contributed by atoms with van der Waals surface area (Å²) in [5.74, 6) is 6.32. The summed E-state index contributed by atoms with van der Waals surface area (Å²) in [5, 5.41) is 3.50. The van der Waals surface area contributed by atoms with E-state index in [0.29, 0.717) is 0 Å². The van der Waals surface area contributed by atoms with Gasteiger partial charge in [0.1, 0.15) is 0 Å². The highest BCUT2D eigenvalue weighted by Crippen LogP contribution is 2.22. The fourth-order valence-electron chi connectivity index (χ4n) is 1.53. The fraction of sp³-hybridized carbons (Fsp3) is 0.818. The molecule has 2 heteroatoms. The smallest absolute Gasteiger partial charge is 0.00865 e. The first-order chi connectivity index (χ1) is 6.43. The summed E-state index contributed by atoms with van der Waals surface area (Å²) in [6.45, 7) is 2.35. The van der Waals surface area contributed by atoms with Crippen LogP contribution in [-0.2, 0) is 0 Å². The van der Waals surface area contributed by atoms with E-state index in [9.17, 15) is 0 Å². The van der Waals surface area contributed by atoms with Crippen LogP contribution in [0.4, 0.5) is 0 Å². The molecule has 1 fully saturated rings. The van der Waals surface area contributed by atoms with E-state index in [-0.39, 0.29) is 0 Å². The van der Waals surface area contributed by atoms with Gasteiger partial charge in [0.2, 0.25) is 0 Å². The topological polar surface area (TPSA) is 12.0 Å². The summed E-state index contributed by atoms with van der Waals surface area (Å²) >= 11 is 2.09. The first-order valence-corrected chi connectivity index (χ1v) is 6.31. The lowest BCUT2D eigenvalue weighted by Gasteiger charge is -2.08. The Kier molecular flexibility index (Phi) is 6.14. The molecule has 1 atom stereocenters. The zero-order valence-corrected chi connectivity index (χ0v) is 9.04. The molecule has 1 heterocycles. The molecular formula is C11H19NS. The highest BCUT2D eigenvalue weighted by atomic mass is 32.2. The lowest BCUT2D eigenvalue weighted by molar-refractivity contribution is 0.513. The lowest BCUT2D eigenvalue weighted by Crippen LogP contribution is -2.23. The first kappa shape index (κ1) is 10.9. The predicted octanol–water partition coefficient (Wildman–Crippen LogP) is 2.13. The van der Waals surface area contributed by atoms with Crippen LogP contribution in [0.2, 0.25) is 0 Å². The van der Waals surface area contributed by atoms with E-state index >= 15 is 0 Å². The van der Waals surface area contributed by atoms with Crippen molar-refractivity contribution >= 4 is 11.8 Å². The largest absolute Gasteiger partial charge is 0.316 e. The molecule has 1 saturated heterocycles. The Labute approximate surface area is 86.1 Å². The van der Waals surface area contributed by atoms with Gasteiger partial charge in [0, 0.05) is 6.42 Å². The van der Waals surface area contributed by atoms with E-state index in [1.165, 1.54) is 37.3 Å². The Balaban J connectivity index is 1.81. The van der Waals surface area contributed by atoms with Crippen LogP contribution >= 0.6 is 11.8 Å². The molecular weight excluding hydrogens is 178 g/mol. The number of terminal acetylenes is 1. The second-order valence-corrected chi connectivity index (χ2v) is 4.74. The van der Waals surface area contributed by atoms with Crippen molar-refractivity contribution in [2.75, 3.05) is 24.6 Å². The summed E-state index contributed by atoms with van der Waals surface area (Å²) in [6.07, 6.45) is 9.90. The predicted molar refractivity (Wildman–Crippen MR) is 61.0 cm³/mol. The molecule has 1 nitrogen and oxygen atoms in total. The van der Waals surface area contributed by atoms with Crippen molar-refractivity contribution in [1.82, 2.24) is 5.32 Å². The van der Waals surface area contributed by atoms with Gasteiger partial charge >= 0.3 is 0 Å². The molecule has 1 N–H and O–H groups in total. The van der Waals surface area contributed by atoms with Crippen LogP contribution in [0.3, 0.4) is 0 Å². The molecule has 13 heavy (non-hydrogen) atoms. The molecule has 1 rings (SSSR count). The van der Waals surface area contributed by atoms with Crippen LogP contribution in [0.25, 0.3) is 0 Å². The van der Waals surface area contributed by atoms with Crippen molar-refractivity contribution in [2.24, 2.45) is 5.92 Å². The van der Waals surface area contributed by atoms with Crippen LogP contribution in [-0.4, -0.2) is 24.6 Å². The molecule has 0 saturated carbocycles. The maximum Gasteiger partial charge on any atom is 0.00865 e. The standard InChI is InChI=1S/C11H19NS/c1-2-3-4-5-7-12-9-11-6-8-13-10-11/h1,11-12H,3-10H2. The van der Waals surface area contributed by atoms with Gasteiger partial charge in [-0.3, -0.25) is 0 Å². The molecule has 1 unspecified atom stereocenters. The molecule has 0 aromatic heterocycles. The normalized spacial score (nSPS) is 21.6. The highest BCUT2D eigenvalue weighted by molar-refractivity contribution is 7.99. The molecule has 0 radical (unpaired) electrons. The monoisotopic (exact) mass is 197 g/mol. The number of rotatable bonds is 6. The fourth-order valence-corrected chi connectivity index (χ4v) is 2.81. The van der Waals surface area contributed by atoms with Crippen molar-refractivity contribution in [1.29, 1.82) is 0 Å². The quantitative estimate of drug-likeness (QED) is 0.517. The van der Waals surface area contributed by atoms with Crippen LogP contribution in [0.15, 0.2) is 0 Å². The molecule has 0 aromatic rings. The Morgan fingerprint density at radius 2 is 2.38 bits per heavy atom. The summed E-state index contributed by atoms with van der Waals surface area (Å²) in [7, 11) is 0. The summed E-state index contributed by atoms with van der Waals surface area (Å²) in [4.78, 5) is 0. The van der Waals surface area contributed by atoms with Gasteiger partial charge in [0.15, 0.2) is 0 Å². The molecule has 0 aliphatic carbocycles. The maximum absolute atomic E-state index is 5.17. The van der Waals surface area contributed by atoms with E-state index in [0.717, 1.165) is 18.9 Å². The minimum Gasteiger partial charge on any atom is -0.316 e. The van der Waals surface area contributed by atoms with Crippen molar-refractivity contribution < 1.29 is 0 Å². The minimum atomic E-state index is 0.928. The highest BCUT2D eigenvalue weighted by Gasteiger charge is 2.13. The average Bonchev–Trinajstić information content (AvgIpc) is 2.63. The van der Waals surface area contributed by atoms with E-state index in [1.807, 2.05) is 0 Å². The zero-order chi connectivity index (χ0) is 9.36. The second kappa shape index (κ2) is 7.29. The summed E-state index contributed by atoms with van der Waals surface area (Å²) in [5.41, 5.74) is 0. The first-order valence-electron chi connectivity index (χ1n) is 5.15. The molecule has 0 amide bonds. The van der Waals surface area contributed by atoms with Gasteiger partial charge in [-0.1, -0.05) is 0 Å². The van der Waals surface area contributed by atoms with E-state index in [4.69, 9.17) is 6.42 Å². The summed E-state index contributed by atoms with van der Waals surface area (Å²) in [6, 6.07) is 0. The number of hydrogen-bond donors (Lipinski definition) is 1. The van der Waals surface area contributed by atoms with Gasteiger partial charge in [0.25, 0.3) is 0 Å². The SMILES string of the molecule is C#CCCCCNCC1CCSC1. The molecule has 0 aromatic carbocycles. The van der Waals surface area contributed by atoms with Gasteiger partial charge in [-0.2, -0.15) is 11.8 Å². The zero-order valence-electron chi connectivity index (χ0n) is 8.22. The number of unbranched alkanes of at least 4 members (excludes halogenated alkanes) is 2. The van der Waals surface area contributed by atoms with E-state index in [1.54, 1.807) is 0 Å². The van der Waals surface area contributed by atoms with Crippen molar-refractivity contribution in [2.45, 2.75) is 25.7 Å². The van der Waals surface area contributed by atoms with Crippen molar-refractivity contribution in [3.63, 3.8) is 0 Å². The molecule has 74 valence electrons. The minimum absolute atomic E-state index is 0.928. The van der Waals surface area contributed by atoms with Crippen LogP contribution in [0.5, 0.6) is 0 Å². The van der Waals surface area contributed by atoms with Gasteiger partial charge < -0.3 is 5.32 Å². The molecule has 0 spiro atoms. The summed E-state index contributed by atoms with van der Waals surface area (Å²) < 4.78 is 0. The maximum atomic E-state index is 5.17. The Morgan fingerprint density at radius 3 is 3.08 bits per heavy atom. The molecule has 1 aliphatic heterocycles. The van der Waals surface area contributed by atoms with E-state index < -0.39 is 0 Å². The second-order valence-electron chi connectivity index (χ2n) is 3.59. The molecule has 0 bridgehead atoms. The number of thioether (sulfide) groups is 1. The Hall–Kier alpha value is -0.130. The van der Waals surface area contributed by atoms with E-state index in [2.05, 4.69) is 23.0 Å². The van der Waals surface area contributed by atoms with Gasteiger partial charge in [-0.15, -0.1) is 12.3 Å². The third-order valence-electron chi connectivity index (χ3n) is 2.38. The van der Waals surface area contributed by atoms with Gasteiger partial charge in [-0.05, 0) is 49.8 Å². The van der Waals surface area contributed by atoms with Crippen molar-refractivity contribution in [3.05, 3.63) is 0 Å². The molecule has 1 aliphatic rings. The third kappa shape index (κ3) is 5.23. The Morgan fingerprint density at radius 1 is 1.46 bits per heavy atom. The Bertz CT molecular complexity index is 156.